The second-order valence-corrected chi connectivity index (χ2v) is 7.24. The molecule has 0 unspecified atom stereocenters. The van der Waals surface area contributed by atoms with E-state index in [-0.39, 0.29) is 38.2 Å². The minimum absolute atomic E-state index is 0.0311. The molecule has 1 fully saturated rings. The van der Waals surface area contributed by atoms with E-state index in [4.69, 9.17) is 4.74 Å². The van der Waals surface area contributed by atoms with Crippen molar-refractivity contribution in [2.75, 3.05) is 24.6 Å². The van der Waals surface area contributed by atoms with Crippen molar-refractivity contribution in [3.8, 4) is 0 Å². The highest BCUT2D eigenvalue weighted by atomic mass is 19.4. The lowest BCUT2D eigenvalue weighted by Gasteiger charge is -2.46. The first-order chi connectivity index (χ1) is 14.4. The van der Waals surface area contributed by atoms with E-state index >= 15 is 0 Å². The highest BCUT2D eigenvalue weighted by molar-refractivity contribution is 6.05. The number of nitro benzene ring substituents is 1. The summed E-state index contributed by atoms with van der Waals surface area (Å²) in [6.45, 7) is 2.53. The van der Waals surface area contributed by atoms with Crippen molar-refractivity contribution in [1.82, 2.24) is 4.90 Å². The topological polar surface area (TPSA) is 110 Å². The Labute approximate surface area is 175 Å². The minimum atomic E-state index is -5.02. The van der Waals surface area contributed by atoms with E-state index in [9.17, 15) is 37.7 Å². The van der Waals surface area contributed by atoms with Gasteiger partial charge in [0.15, 0.2) is 0 Å². The molecular weight excluding hydrogens is 423 g/mol. The number of para-hydroxylation sites is 2. The van der Waals surface area contributed by atoms with Gasteiger partial charge in [-0.1, -0.05) is 12.1 Å². The van der Waals surface area contributed by atoms with Crippen molar-refractivity contribution in [1.29, 1.82) is 0 Å². The summed E-state index contributed by atoms with van der Waals surface area (Å²) in [6.07, 6.45) is -5.86. The fourth-order valence-electron chi connectivity index (χ4n) is 3.54. The number of likely N-dealkylation sites (tertiary alicyclic amines) is 1. The normalized spacial score (nSPS) is 15.8. The predicted molar refractivity (Wildman–Crippen MR) is 102 cm³/mol. The zero-order valence-electron chi connectivity index (χ0n) is 17.0. The first kappa shape index (κ1) is 24.1. The summed E-state index contributed by atoms with van der Waals surface area (Å²) in [5.41, 5.74) is -1.65. The highest BCUT2D eigenvalue weighted by Gasteiger charge is 2.47. The van der Waals surface area contributed by atoms with Gasteiger partial charge in [-0.25, -0.2) is 0 Å². The number of rotatable bonds is 6. The van der Waals surface area contributed by atoms with E-state index in [0.717, 1.165) is 4.90 Å². The number of nitrogens with zero attached hydrogens (tertiary/aromatic N) is 3. The zero-order valence-corrected chi connectivity index (χ0v) is 17.0. The van der Waals surface area contributed by atoms with Crippen LogP contribution < -0.4 is 4.90 Å². The molecule has 31 heavy (non-hydrogen) atoms. The van der Waals surface area contributed by atoms with Crippen molar-refractivity contribution in [3.05, 3.63) is 34.4 Å². The van der Waals surface area contributed by atoms with E-state index in [1.54, 1.807) is 13.8 Å². The van der Waals surface area contributed by atoms with Crippen LogP contribution in [0, 0.1) is 10.1 Å². The molecule has 0 aliphatic carbocycles. The maximum Gasteiger partial charge on any atom is 0.471 e. The smallest absolute Gasteiger partial charge is 0.466 e. The maximum absolute atomic E-state index is 13.0. The Morgan fingerprint density at radius 1 is 1.23 bits per heavy atom. The van der Waals surface area contributed by atoms with Crippen molar-refractivity contribution < 1.29 is 37.2 Å². The lowest BCUT2D eigenvalue weighted by atomic mass is 9.86. The van der Waals surface area contributed by atoms with Crippen molar-refractivity contribution >= 4 is 29.2 Å². The van der Waals surface area contributed by atoms with Gasteiger partial charge in [0.05, 0.1) is 11.5 Å². The summed E-state index contributed by atoms with van der Waals surface area (Å²) in [4.78, 5) is 49.0. The number of piperidine rings is 1. The molecule has 0 saturated carbocycles. The van der Waals surface area contributed by atoms with E-state index < -0.39 is 46.5 Å². The molecule has 1 heterocycles. The average Bonchev–Trinajstić information content (AvgIpc) is 2.67. The average molecular weight is 445 g/mol. The first-order valence-electron chi connectivity index (χ1n) is 9.49. The predicted octanol–water partition coefficient (Wildman–Crippen LogP) is 2.82. The van der Waals surface area contributed by atoms with Gasteiger partial charge in [-0.2, -0.15) is 13.2 Å². The van der Waals surface area contributed by atoms with Crippen molar-refractivity contribution in [2.24, 2.45) is 0 Å². The standard InChI is InChI=1S/C19H22F3N3O6/c1-3-31-16(27)12-15(26)24(13-6-4-5-7-14(13)25(29)30)18(2)8-10-23(11-9-18)17(28)19(20,21)22/h4-7H,3,8-12H2,1-2H3. The molecule has 0 bridgehead atoms. The molecule has 12 heteroatoms. The number of esters is 1. The number of alkyl halides is 3. The third-order valence-electron chi connectivity index (χ3n) is 5.08. The minimum Gasteiger partial charge on any atom is -0.466 e. The van der Waals surface area contributed by atoms with Crippen LogP contribution in [0.4, 0.5) is 24.5 Å². The molecule has 9 nitrogen and oxygen atoms in total. The van der Waals surface area contributed by atoms with Gasteiger partial charge in [-0.05, 0) is 32.8 Å². The van der Waals surface area contributed by atoms with Gasteiger partial charge in [-0.3, -0.25) is 29.4 Å². The Morgan fingerprint density at radius 3 is 2.32 bits per heavy atom. The number of halogens is 3. The third kappa shape index (κ3) is 5.50. The van der Waals surface area contributed by atoms with Crippen LogP contribution >= 0.6 is 0 Å². The molecule has 1 aliphatic heterocycles. The van der Waals surface area contributed by atoms with Crippen LogP contribution in [0.2, 0.25) is 0 Å². The molecule has 0 radical (unpaired) electrons. The van der Waals surface area contributed by atoms with Crippen LogP contribution in [0.5, 0.6) is 0 Å². The number of benzene rings is 1. The number of ether oxygens (including phenoxy) is 1. The van der Waals surface area contributed by atoms with Gasteiger partial charge in [0.25, 0.3) is 5.69 Å². The Hall–Kier alpha value is -3.18. The molecule has 1 aromatic carbocycles. The van der Waals surface area contributed by atoms with E-state index in [2.05, 4.69) is 0 Å². The molecule has 0 atom stereocenters. The zero-order chi connectivity index (χ0) is 23.4. The van der Waals surface area contributed by atoms with Crippen LogP contribution in [0.25, 0.3) is 0 Å². The van der Waals surface area contributed by atoms with Gasteiger partial charge in [-0.15, -0.1) is 0 Å². The summed E-state index contributed by atoms with van der Waals surface area (Å²) >= 11 is 0. The number of hydrogen-bond acceptors (Lipinski definition) is 6. The number of hydrogen-bond donors (Lipinski definition) is 0. The second-order valence-electron chi connectivity index (χ2n) is 7.24. The molecule has 0 spiro atoms. The molecule has 0 aromatic heterocycles. The lowest BCUT2D eigenvalue weighted by Crippen LogP contribution is -2.58. The molecule has 170 valence electrons. The lowest BCUT2D eigenvalue weighted by molar-refractivity contribution is -0.384. The van der Waals surface area contributed by atoms with Gasteiger partial charge in [0.2, 0.25) is 5.91 Å². The SMILES string of the molecule is CCOC(=O)CC(=O)N(c1ccccc1[N+](=O)[O-])C1(C)CCN(C(=O)C(F)(F)F)CC1. The first-order valence-corrected chi connectivity index (χ1v) is 9.49. The Bertz CT molecular complexity index is 866. The molecule has 1 aromatic rings. The van der Waals surface area contributed by atoms with Crippen molar-refractivity contribution in [2.45, 2.75) is 44.8 Å². The Kier molecular flexibility index (Phi) is 7.24. The molecular formula is C19H22F3N3O6. The molecule has 2 rings (SSSR count). The number of nitro groups is 1. The molecule has 1 saturated heterocycles. The quantitative estimate of drug-likeness (QED) is 0.288. The van der Waals surface area contributed by atoms with E-state index in [1.165, 1.54) is 24.3 Å². The monoisotopic (exact) mass is 445 g/mol. The van der Waals surface area contributed by atoms with Gasteiger partial charge >= 0.3 is 18.1 Å². The Balaban J connectivity index is 2.40. The van der Waals surface area contributed by atoms with Crippen LogP contribution in [-0.4, -0.2) is 59.0 Å². The summed E-state index contributed by atoms with van der Waals surface area (Å²) in [6, 6.07) is 5.40. The molecule has 2 amide bonds. The second kappa shape index (κ2) is 9.31. The van der Waals surface area contributed by atoms with Crippen LogP contribution in [0.1, 0.15) is 33.1 Å². The fraction of sp³-hybridized carbons (Fsp3) is 0.526. The summed E-state index contributed by atoms with van der Waals surface area (Å²) in [5, 5.41) is 11.5. The summed E-state index contributed by atoms with van der Waals surface area (Å²) in [7, 11) is 0. The number of carbonyl (C=O) groups is 3. The van der Waals surface area contributed by atoms with Crippen LogP contribution in [0.15, 0.2) is 24.3 Å². The number of carbonyl (C=O) groups excluding carboxylic acids is 3. The van der Waals surface area contributed by atoms with E-state index in [1.807, 2.05) is 0 Å². The molecule has 0 N–H and O–H groups in total. The summed E-state index contributed by atoms with van der Waals surface area (Å²) in [5.74, 6) is -3.60. The third-order valence-corrected chi connectivity index (χ3v) is 5.08. The van der Waals surface area contributed by atoms with E-state index in [0.29, 0.717) is 4.90 Å². The van der Waals surface area contributed by atoms with Gasteiger partial charge < -0.3 is 9.64 Å². The highest BCUT2D eigenvalue weighted by Crippen LogP contribution is 2.39. The fourth-order valence-corrected chi connectivity index (χ4v) is 3.54. The van der Waals surface area contributed by atoms with Gasteiger partial charge in [0.1, 0.15) is 12.1 Å². The largest absolute Gasteiger partial charge is 0.471 e. The van der Waals surface area contributed by atoms with Gasteiger partial charge in [0, 0.05) is 24.7 Å². The number of amides is 2. The Morgan fingerprint density at radius 2 is 1.81 bits per heavy atom. The molecule has 1 aliphatic rings. The van der Waals surface area contributed by atoms with Crippen molar-refractivity contribution in [3.63, 3.8) is 0 Å². The number of anilines is 1. The summed E-state index contributed by atoms with van der Waals surface area (Å²) < 4.78 is 43.0. The van der Waals surface area contributed by atoms with Crippen LogP contribution in [0.3, 0.4) is 0 Å². The maximum atomic E-state index is 13.0. The van der Waals surface area contributed by atoms with Crippen LogP contribution in [-0.2, 0) is 19.1 Å².